The summed E-state index contributed by atoms with van der Waals surface area (Å²) < 4.78 is 9.23. The van der Waals surface area contributed by atoms with E-state index >= 15 is 0 Å². The average molecular weight is 1120 g/mol. The normalized spacial score (nSPS) is 12.5. The van der Waals surface area contributed by atoms with Gasteiger partial charge in [0.25, 0.3) is 0 Å². The van der Waals surface area contributed by atoms with E-state index in [9.17, 15) is 5.11 Å². The van der Waals surface area contributed by atoms with E-state index in [2.05, 4.69) is 232 Å². The zero-order valence-corrected chi connectivity index (χ0v) is 44.9. The SMILES string of the molecule is CC(C)c1cc(-c2ccccc2)cc(C(C)C)c1-n1c(-c2cc(C(C)(C)C)cc(C(C)(C)C)c2O)nc2c(-c3ccc4c5ccccc5c5c([c-]cc6c5oc5ccc7ccccc7c56)c4n3)cccc21.[Pt]. The van der Waals surface area contributed by atoms with Crippen LogP contribution in [-0.2, 0) is 31.9 Å². The molecule has 5 nitrogen and oxygen atoms in total. The Balaban J connectivity index is 0.00000560. The van der Waals surface area contributed by atoms with Crippen LogP contribution in [0, 0.1) is 6.07 Å². The van der Waals surface area contributed by atoms with Crippen LogP contribution in [0.2, 0.25) is 0 Å². The third kappa shape index (κ3) is 7.45. The number of hydrogen-bond acceptors (Lipinski definition) is 4. The Hall–Kier alpha value is -7.07. The van der Waals surface area contributed by atoms with Gasteiger partial charge in [-0.1, -0.05) is 189 Å². The van der Waals surface area contributed by atoms with Gasteiger partial charge in [-0.3, -0.25) is 9.55 Å². The Morgan fingerprint density at radius 1 is 0.569 bits per heavy atom. The average Bonchev–Trinajstić information content (AvgIpc) is 3.94. The molecule has 9 aromatic carbocycles. The molecular formula is C66H58N3O2Pt-. The standard InChI is InChI=1S/C66H58N3O2.Pt/c1-37(2)50-33-41(39-19-12-11-13-20-39)34-51(38(3)4)61(50)69-55-26-18-25-47(60(55)68-64(69)52-35-42(65(5,6)7)36-53(62(52)70)66(8,9)10)54-31-30-46-44-23-16-17-24-45(44)58-48(59(46)67-54)28-29-49-57-43-22-15-14-21-40(43)27-32-56(57)71-63(49)58;/h11-27,29-38,70H,1-10H3;/q-1;. The summed E-state index contributed by atoms with van der Waals surface area (Å²) in [7, 11) is 0. The first-order valence-electron chi connectivity index (χ1n) is 25.1. The number of para-hydroxylation sites is 1. The van der Waals surface area contributed by atoms with Gasteiger partial charge < -0.3 is 9.52 Å². The number of phenols is 1. The van der Waals surface area contributed by atoms with Crippen LogP contribution >= 0.6 is 0 Å². The number of nitrogens with zero attached hydrogens (tertiary/aromatic N) is 3. The van der Waals surface area contributed by atoms with Gasteiger partial charge >= 0.3 is 0 Å². The van der Waals surface area contributed by atoms with Gasteiger partial charge in [0.05, 0.1) is 33.6 Å². The smallest absolute Gasteiger partial charge is 0.149 e. The molecular weight excluding hydrogens is 1060 g/mol. The van der Waals surface area contributed by atoms with E-state index < -0.39 is 0 Å². The molecule has 1 N–H and O–H groups in total. The van der Waals surface area contributed by atoms with E-state index in [1.807, 2.05) is 0 Å². The zero-order chi connectivity index (χ0) is 49.2. The van der Waals surface area contributed by atoms with E-state index in [1.54, 1.807) is 0 Å². The van der Waals surface area contributed by atoms with Crippen molar-refractivity contribution < 1.29 is 30.6 Å². The summed E-state index contributed by atoms with van der Waals surface area (Å²) in [6, 6.07) is 57.8. The molecule has 3 heterocycles. The van der Waals surface area contributed by atoms with Crippen LogP contribution < -0.4 is 0 Å². The van der Waals surface area contributed by atoms with Crippen molar-refractivity contribution in [2.75, 3.05) is 0 Å². The van der Waals surface area contributed by atoms with Crippen molar-refractivity contribution in [1.82, 2.24) is 14.5 Å². The minimum Gasteiger partial charge on any atom is -0.507 e. The fourth-order valence-electron chi connectivity index (χ4n) is 11.1. The largest absolute Gasteiger partial charge is 0.507 e. The van der Waals surface area contributed by atoms with Crippen molar-refractivity contribution in [1.29, 1.82) is 0 Å². The monoisotopic (exact) mass is 1120 g/mol. The molecule has 360 valence electrons. The molecule has 0 aliphatic heterocycles. The summed E-state index contributed by atoms with van der Waals surface area (Å²) in [6.45, 7) is 22.4. The van der Waals surface area contributed by atoms with Crippen molar-refractivity contribution in [3.63, 3.8) is 0 Å². The molecule has 0 atom stereocenters. The molecule has 0 aliphatic carbocycles. The molecule has 72 heavy (non-hydrogen) atoms. The van der Waals surface area contributed by atoms with E-state index in [-0.39, 0.29) is 49.5 Å². The summed E-state index contributed by atoms with van der Waals surface area (Å²) in [5.41, 5.74) is 14.1. The molecule has 0 amide bonds. The fourth-order valence-corrected chi connectivity index (χ4v) is 11.1. The van der Waals surface area contributed by atoms with Gasteiger partial charge in [-0.25, -0.2) is 4.98 Å². The number of hydrogen-bond donors (Lipinski definition) is 1. The maximum Gasteiger partial charge on any atom is 0.149 e. The summed E-state index contributed by atoms with van der Waals surface area (Å²) in [4.78, 5) is 11.4. The number of imidazole rings is 1. The van der Waals surface area contributed by atoms with Crippen LogP contribution in [0.3, 0.4) is 0 Å². The first-order chi connectivity index (χ1) is 34.1. The van der Waals surface area contributed by atoms with Gasteiger partial charge in [-0.05, 0) is 125 Å². The van der Waals surface area contributed by atoms with Crippen LogP contribution in [0.1, 0.15) is 103 Å². The molecule has 12 rings (SSSR count). The molecule has 0 fully saturated rings. The predicted molar refractivity (Wildman–Crippen MR) is 299 cm³/mol. The zero-order valence-electron chi connectivity index (χ0n) is 42.6. The number of aromatic hydroxyl groups is 1. The van der Waals surface area contributed by atoms with Crippen molar-refractivity contribution >= 4 is 76.2 Å². The second-order valence-corrected chi connectivity index (χ2v) is 22.2. The molecule has 12 aromatic rings. The molecule has 0 spiro atoms. The Kier molecular flexibility index (Phi) is 11.4. The number of pyridine rings is 1. The van der Waals surface area contributed by atoms with Crippen LogP contribution in [0.15, 0.2) is 156 Å². The predicted octanol–water partition coefficient (Wildman–Crippen LogP) is 18.3. The van der Waals surface area contributed by atoms with Gasteiger partial charge in [0.2, 0.25) is 0 Å². The summed E-state index contributed by atoms with van der Waals surface area (Å²) >= 11 is 0. The quantitative estimate of drug-likeness (QED) is 0.133. The van der Waals surface area contributed by atoms with Crippen molar-refractivity contribution in [2.45, 2.75) is 91.9 Å². The van der Waals surface area contributed by atoms with Gasteiger partial charge in [-0.15, -0.1) is 17.5 Å². The summed E-state index contributed by atoms with van der Waals surface area (Å²) in [6.07, 6.45) is 0. The maximum atomic E-state index is 12.7. The molecule has 6 heteroatoms. The number of phenolic OH excluding ortho intramolecular Hbond substituents is 1. The molecule has 3 aromatic heterocycles. The molecule has 0 saturated heterocycles. The topological polar surface area (TPSA) is 64.1 Å². The first-order valence-corrected chi connectivity index (χ1v) is 25.1. The van der Waals surface area contributed by atoms with E-state index in [4.69, 9.17) is 14.4 Å². The third-order valence-corrected chi connectivity index (χ3v) is 14.8. The van der Waals surface area contributed by atoms with Crippen LogP contribution in [-0.4, -0.2) is 19.6 Å². The minimum atomic E-state index is -0.341. The second kappa shape index (κ2) is 17.3. The molecule has 0 unspecified atom stereocenters. The number of furan rings is 1. The fraction of sp³-hybridized carbons (Fsp3) is 0.212. The van der Waals surface area contributed by atoms with Crippen LogP contribution in [0.5, 0.6) is 5.75 Å². The molecule has 0 aliphatic rings. The summed E-state index contributed by atoms with van der Waals surface area (Å²) in [5.74, 6) is 1.28. The van der Waals surface area contributed by atoms with E-state index in [0.29, 0.717) is 11.4 Å². The molecule has 0 radical (unpaired) electrons. The van der Waals surface area contributed by atoms with Crippen LogP contribution in [0.4, 0.5) is 0 Å². The number of rotatable bonds is 6. The third-order valence-electron chi connectivity index (χ3n) is 14.8. The van der Waals surface area contributed by atoms with Gasteiger partial charge in [0.15, 0.2) is 0 Å². The molecule has 0 saturated carbocycles. The minimum absolute atomic E-state index is 0. The van der Waals surface area contributed by atoms with E-state index in [1.165, 1.54) is 27.6 Å². The van der Waals surface area contributed by atoms with Crippen molar-refractivity contribution in [3.8, 4) is 45.2 Å². The van der Waals surface area contributed by atoms with Crippen molar-refractivity contribution in [3.05, 3.63) is 180 Å². The summed E-state index contributed by atoms with van der Waals surface area (Å²) in [5, 5.41) is 22.4. The van der Waals surface area contributed by atoms with Gasteiger partial charge in [0.1, 0.15) is 17.2 Å². The Morgan fingerprint density at radius 3 is 1.94 bits per heavy atom. The van der Waals surface area contributed by atoms with Crippen LogP contribution in [0.25, 0.3) is 116 Å². The number of benzene rings is 9. The Morgan fingerprint density at radius 2 is 1.25 bits per heavy atom. The van der Waals surface area contributed by atoms with Gasteiger partial charge in [-0.2, -0.15) is 0 Å². The molecule has 0 bridgehead atoms. The second-order valence-electron chi connectivity index (χ2n) is 22.2. The maximum absolute atomic E-state index is 12.7. The number of fused-ring (bicyclic) bond motifs is 13. The van der Waals surface area contributed by atoms with Crippen molar-refractivity contribution in [2.24, 2.45) is 0 Å². The first kappa shape index (κ1) is 47.3. The Labute approximate surface area is 435 Å². The van der Waals surface area contributed by atoms with E-state index in [0.717, 1.165) is 98.9 Å². The van der Waals surface area contributed by atoms with Gasteiger partial charge in [0, 0.05) is 32.2 Å². The number of aromatic nitrogens is 3. The Bertz CT molecular complexity index is 4120.